The summed E-state index contributed by atoms with van der Waals surface area (Å²) in [5, 5.41) is 19.2. The number of aliphatic imine (C=N–C) groups is 1. The van der Waals surface area contributed by atoms with Crippen LogP contribution >= 0.6 is 0 Å². The van der Waals surface area contributed by atoms with Gasteiger partial charge in [0, 0.05) is 23.5 Å². The van der Waals surface area contributed by atoms with Crippen LogP contribution in [0.1, 0.15) is 15.9 Å². The van der Waals surface area contributed by atoms with Gasteiger partial charge in [0.1, 0.15) is 5.75 Å². The number of aromatic nitrogens is 1. The van der Waals surface area contributed by atoms with Crippen molar-refractivity contribution in [3.8, 4) is 22.9 Å². The molecule has 0 saturated carbocycles. The predicted octanol–water partition coefficient (Wildman–Crippen LogP) is 0.739. The standard InChI is InChI=1S/C14H11N5O2/c15-6-8-3-4-10(20)12(13(21)19-14(16)17)11(8)9-2-1-5-18-7-9/h1-5,7,20H,(H4,16,17,19,21). The lowest BCUT2D eigenvalue weighted by Crippen LogP contribution is -2.24. The number of carbonyl (C=O) groups is 1. The van der Waals surface area contributed by atoms with Crippen LogP contribution in [-0.2, 0) is 0 Å². The number of nitriles is 1. The lowest BCUT2D eigenvalue weighted by atomic mass is 9.94. The van der Waals surface area contributed by atoms with Gasteiger partial charge < -0.3 is 16.6 Å². The summed E-state index contributed by atoms with van der Waals surface area (Å²) in [6.45, 7) is 0. The van der Waals surface area contributed by atoms with Crippen LogP contribution in [0.25, 0.3) is 11.1 Å². The second kappa shape index (κ2) is 5.71. The summed E-state index contributed by atoms with van der Waals surface area (Å²) in [6, 6.07) is 7.93. The van der Waals surface area contributed by atoms with Crippen molar-refractivity contribution in [2.75, 3.05) is 0 Å². The number of carbonyl (C=O) groups excluding carboxylic acids is 1. The summed E-state index contributed by atoms with van der Waals surface area (Å²) in [5.74, 6) is -1.58. The Balaban J connectivity index is 2.78. The van der Waals surface area contributed by atoms with Crippen LogP contribution < -0.4 is 11.5 Å². The molecule has 0 fully saturated rings. The molecule has 2 aromatic rings. The number of rotatable bonds is 2. The van der Waals surface area contributed by atoms with E-state index < -0.39 is 11.9 Å². The number of benzene rings is 1. The van der Waals surface area contributed by atoms with Crippen molar-refractivity contribution in [2.24, 2.45) is 16.5 Å². The molecular weight excluding hydrogens is 270 g/mol. The lowest BCUT2D eigenvalue weighted by Gasteiger charge is -2.10. The summed E-state index contributed by atoms with van der Waals surface area (Å²) in [4.78, 5) is 19.5. The molecule has 0 unspecified atom stereocenters. The van der Waals surface area contributed by atoms with Crippen LogP contribution in [0, 0.1) is 11.3 Å². The number of guanidine groups is 1. The minimum Gasteiger partial charge on any atom is -0.507 e. The minimum atomic E-state index is -0.830. The van der Waals surface area contributed by atoms with Gasteiger partial charge >= 0.3 is 0 Å². The average Bonchev–Trinajstić information content (AvgIpc) is 2.46. The first-order valence-electron chi connectivity index (χ1n) is 5.85. The van der Waals surface area contributed by atoms with Gasteiger partial charge in [0.15, 0.2) is 5.96 Å². The number of phenols is 1. The smallest absolute Gasteiger partial charge is 0.284 e. The lowest BCUT2D eigenvalue weighted by molar-refractivity contribution is 0.100. The van der Waals surface area contributed by atoms with Crippen molar-refractivity contribution >= 4 is 11.9 Å². The molecule has 0 saturated heterocycles. The van der Waals surface area contributed by atoms with E-state index in [4.69, 9.17) is 11.5 Å². The molecule has 7 nitrogen and oxygen atoms in total. The van der Waals surface area contributed by atoms with Gasteiger partial charge in [0.05, 0.1) is 17.2 Å². The molecule has 0 atom stereocenters. The highest BCUT2D eigenvalue weighted by Crippen LogP contribution is 2.33. The van der Waals surface area contributed by atoms with Crippen molar-refractivity contribution < 1.29 is 9.90 Å². The van der Waals surface area contributed by atoms with E-state index >= 15 is 0 Å². The largest absolute Gasteiger partial charge is 0.507 e. The Bertz CT molecular complexity index is 759. The maximum Gasteiger partial charge on any atom is 0.284 e. The minimum absolute atomic E-state index is 0.143. The fraction of sp³-hybridized carbons (Fsp3) is 0. The van der Waals surface area contributed by atoms with Crippen LogP contribution in [0.2, 0.25) is 0 Å². The van der Waals surface area contributed by atoms with Crippen molar-refractivity contribution in [3.63, 3.8) is 0 Å². The van der Waals surface area contributed by atoms with Gasteiger partial charge in [0.25, 0.3) is 5.91 Å². The number of hydrogen-bond donors (Lipinski definition) is 3. The molecule has 0 spiro atoms. The van der Waals surface area contributed by atoms with Gasteiger partial charge in [-0.2, -0.15) is 10.3 Å². The summed E-state index contributed by atoms with van der Waals surface area (Å²) in [7, 11) is 0. The van der Waals surface area contributed by atoms with E-state index in [1.807, 2.05) is 6.07 Å². The van der Waals surface area contributed by atoms with Gasteiger partial charge in [0.2, 0.25) is 0 Å². The number of aromatic hydroxyl groups is 1. The fourth-order valence-electron chi connectivity index (χ4n) is 1.88. The molecular formula is C14H11N5O2. The molecule has 0 aliphatic carbocycles. The quantitative estimate of drug-likeness (QED) is 0.548. The highest BCUT2D eigenvalue weighted by molar-refractivity contribution is 6.09. The molecule has 7 heteroatoms. The number of pyridine rings is 1. The zero-order chi connectivity index (χ0) is 15.4. The molecule has 1 amide bonds. The van der Waals surface area contributed by atoms with E-state index in [0.717, 1.165) is 0 Å². The fourth-order valence-corrected chi connectivity index (χ4v) is 1.88. The molecule has 1 aromatic heterocycles. The molecule has 0 aliphatic heterocycles. The highest BCUT2D eigenvalue weighted by Gasteiger charge is 2.21. The third kappa shape index (κ3) is 2.79. The van der Waals surface area contributed by atoms with Gasteiger partial charge in [-0.05, 0) is 18.2 Å². The SMILES string of the molecule is N#Cc1ccc(O)c(C(=O)N=C(N)N)c1-c1cccnc1. The predicted molar refractivity (Wildman–Crippen MR) is 76.2 cm³/mol. The molecule has 21 heavy (non-hydrogen) atoms. The van der Waals surface area contributed by atoms with Crippen molar-refractivity contribution in [3.05, 3.63) is 47.8 Å². The third-order valence-corrected chi connectivity index (χ3v) is 2.70. The summed E-state index contributed by atoms with van der Waals surface area (Å²) >= 11 is 0. The average molecular weight is 281 g/mol. The number of amides is 1. The Morgan fingerprint density at radius 3 is 2.67 bits per heavy atom. The Morgan fingerprint density at radius 2 is 2.10 bits per heavy atom. The van der Waals surface area contributed by atoms with Gasteiger partial charge in [-0.3, -0.25) is 9.78 Å². The summed E-state index contributed by atoms with van der Waals surface area (Å²) in [5.41, 5.74) is 11.2. The van der Waals surface area contributed by atoms with Crippen molar-refractivity contribution in [1.29, 1.82) is 5.26 Å². The highest BCUT2D eigenvalue weighted by atomic mass is 16.3. The summed E-state index contributed by atoms with van der Waals surface area (Å²) in [6.07, 6.45) is 3.03. The normalized spacial score (nSPS) is 9.67. The van der Waals surface area contributed by atoms with E-state index in [1.165, 1.54) is 18.3 Å². The molecule has 1 aromatic carbocycles. The molecule has 2 rings (SSSR count). The number of nitrogens with two attached hydrogens (primary N) is 2. The second-order valence-corrected chi connectivity index (χ2v) is 4.08. The maximum absolute atomic E-state index is 12.1. The molecule has 0 aliphatic rings. The summed E-state index contributed by atoms with van der Waals surface area (Å²) < 4.78 is 0. The second-order valence-electron chi connectivity index (χ2n) is 4.08. The van der Waals surface area contributed by atoms with E-state index in [1.54, 1.807) is 18.3 Å². The van der Waals surface area contributed by atoms with Crippen molar-refractivity contribution in [1.82, 2.24) is 4.98 Å². The van der Waals surface area contributed by atoms with E-state index in [9.17, 15) is 15.2 Å². The van der Waals surface area contributed by atoms with Gasteiger partial charge in [-0.1, -0.05) is 6.07 Å². The van der Waals surface area contributed by atoms with Crippen LogP contribution in [0.3, 0.4) is 0 Å². The van der Waals surface area contributed by atoms with Crippen LogP contribution in [0.15, 0.2) is 41.7 Å². The van der Waals surface area contributed by atoms with E-state index in [-0.39, 0.29) is 22.4 Å². The zero-order valence-electron chi connectivity index (χ0n) is 10.8. The van der Waals surface area contributed by atoms with E-state index in [2.05, 4.69) is 9.98 Å². The Hall–Kier alpha value is -3.40. The number of nitrogens with zero attached hydrogens (tertiary/aromatic N) is 3. The first kappa shape index (κ1) is 14.0. The molecule has 5 N–H and O–H groups in total. The van der Waals surface area contributed by atoms with Crippen molar-refractivity contribution in [2.45, 2.75) is 0 Å². The monoisotopic (exact) mass is 281 g/mol. The Morgan fingerprint density at radius 1 is 1.33 bits per heavy atom. The topological polar surface area (TPSA) is 138 Å². The third-order valence-electron chi connectivity index (χ3n) is 2.70. The molecule has 104 valence electrons. The Kier molecular flexibility index (Phi) is 3.81. The first-order chi connectivity index (χ1) is 10.0. The number of hydrogen-bond acceptors (Lipinski definition) is 4. The molecule has 0 bridgehead atoms. The molecule has 0 radical (unpaired) electrons. The maximum atomic E-state index is 12.1. The van der Waals surface area contributed by atoms with Gasteiger partial charge in [-0.15, -0.1) is 0 Å². The zero-order valence-corrected chi connectivity index (χ0v) is 10.8. The van der Waals surface area contributed by atoms with E-state index in [0.29, 0.717) is 5.56 Å². The first-order valence-corrected chi connectivity index (χ1v) is 5.85. The van der Waals surface area contributed by atoms with Crippen LogP contribution in [-0.4, -0.2) is 22.0 Å². The molecule has 1 heterocycles. The van der Waals surface area contributed by atoms with Gasteiger partial charge in [-0.25, -0.2) is 0 Å². The van der Waals surface area contributed by atoms with Crippen LogP contribution in [0.4, 0.5) is 0 Å². The number of phenolic OH excluding ortho intramolecular Hbond substituents is 1. The Labute approximate surface area is 120 Å². The van der Waals surface area contributed by atoms with Crippen LogP contribution in [0.5, 0.6) is 5.75 Å².